The maximum absolute atomic E-state index is 12.7. The monoisotopic (exact) mass is 381 g/mol. The standard InChI is InChI=1S/C20H31N3O2.ClH/c1-14-7-9-16(10-8-14)17(21)18(24)23-11-5-6-15(13-23)12-22-19(25)20(2,3)4;/h7-10,15,17H,5-6,11-13,21H2,1-4H3,(H,22,25);1H. The van der Waals surface area contributed by atoms with E-state index < -0.39 is 11.5 Å². The van der Waals surface area contributed by atoms with Gasteiger partial charge in [0.1, 0.15) is 6.04 Å². The number of likely N-dealkylation sites (tertiary alicyclic amines) is 1. The Morgan fingerprint density at radius 1 is 1.27 bits per heavy atom. The highest BCUT2D eigenvalue weighted by Gasteiger charge is 2.29. The Labute approximate surface area is 163 Å². The smallest absolute Gasteiger partial charge is 0.244 e. The number of carbonyl (C=O) groups is 2. The average molecular weight is 382 g/mol. The second kappa shape index (κ2) is 9.38. The van der Waals surface area contributed by atoms with Crippen molar-refractivity contribution in [2.24, 2.45) is 17.1 Å². The molecule has 1 fully saturated rings. The van der Waals surface area contributed by atoms with Gasteiger partial charge in [0.25, 0.3) is 0 Å². The molecule has 1 aliphatic heterocycles. The highest BCUT2D eigenvalue weighted by molar-refractivity contribution is 5.85. The van der Waals surface area contributed by atoms with Crippen LogP contribution in [0.3, 0.4) is 0 Å². The molecule has 1 saturated heterocycles. The van der Waals surface area contributed by atoms with Crippen LogP contribution in [0.5, 0.6) is 0 Å². The van der Waals surface area contributed by atoms with Gasteiger partial charge in [-0.05, 0) is 31.2 Å². The zero-order chi connectivity index (χ0) is 18.6. The third-order valence-electron chi connectivity index (χ3n) is 4.77. The molecule has 0 aliphatic carbocycles. The molecule has 6 heteroatoms. The normalized spacial score (nSPS) is 18.7. The van der Waals surface area contributed by atoms with E-state index in [1.165, 1.54) is 0 Å². The lowest BCUT2D eigenvalue weighted by atomic mass is 9.93. The molecule has 1 aliphatic rings. The van der Waals surface area contributed by atoms with Gasteiger partial charge in [0.2, 0.25) is 11.8 Å². The van der Waals surface area contributed by atoms with E-state index in [2.05, 4.69) is 5.32 Å². The van der Waals surface area contributed by atoms with Gasteiger partial charge in [-0.3, -0.25) is 9.59 Å². The number of hydrogen-bond acceptors (Lipinski definition) is 3. The number of aryl methyl sites for hydroxylation is 1. The molecule has 0 bridgehead atoms. The average Bonchev–Trinajstić information content (AvgIpc) is 2.58. The van der Waals surface area contributed by atoms with Gasteiger partial charge in [0.15, 0.2) is 0 Å². The summed E-state index contributed by atoms with van der Waals surface area (Å²) < 4.78 is 0. The van der Waals surface area contributed by atoms with E-state index in [1.807, 2.05) is 56.9 Å². The van der Waals surface area contributed by atoms with Crippen molar-refractivity contribution < 1.29 is 9.59 Å². The summed E-state index contributed by atoms with van der Waals surface area (Å²) in [7, 11) is 0. The van der Waals surface area contributed by atoms with Crippen LogP contribution < -0.4 is 11.1 Å². The number of nitrogens with zero attached hydrogens (tertiary/aromatic N) is 1. The van der Waals surface area contributed by atoms with Crippen LogP contribution in [0.1, 0.15) is 50.8 Å². The van der Waals surface area contributed by atoms with Gasteiger partial charge in [0.05, 0.1) is 0 Å². The van der Waals surface area contributed by atoms with Gasteiger partial charge >= 0.3 is 0 Å². The molecule has 1 aromatic carbocycles. The van der Waals surface area contributed by atoms with Crippen molar-refractivity contribution in [2.75, 3.05) is 19.6 Å². The van der Waals surface area contributed by atoms with E-state index in [1.54, 1.807) is 0 Å². The number of carbonyl (C=O) groups excluding carboxylic acids is 2. The summed E-state index contributed by atoms with van der Waals surface area (Å²) in [5.74, 6) is 0.303. The minimum atomic E-state index is -0.622. The molecule has 0 spiro atoms. The molecule has 3 N–H and O–H groups in total. The number of halogens is 1. The lowest BCUT2D eigenvalue weighted by molar-refractivity contribution is -0.134. The predicted molar refractivity (Wildman–Crippen MR) is 107 cm³/mol. The van der Waals surface area contributed by atoms with Crippen molar-refractivity contribution in [3.63, 3.8) is 0 Å². The number of piperidine rings is 1. The number of rotatable bonds is 4. The van der Waals surface area contributed by atoms with Crippen molar-refractivity contribution >= 4 is 24.2 Å². The van der Waals surface area contributed by atoms with Crippen molar-refractivity contribution in [3.05, 3.63) is 35.4 Å². The zero-order valence-corrected chi connectivity index (χ0v) is 17.1. The molecular weight excluding hydrogens is 350 g/mol. The van der Waals surface area contributed by atoms with Gasteiger partial charge < -0.3 is 16.0 Å². The highest BCUT2D eigenvalue weighted by atomic mass is 35.5. The van der Waals surface area contributed by atoms with Crippen LogP contribution in [0, 0.1) is 18.3 Å². The summed E-state index contributed by atoms with van der Waals surface area (Å²) in [5.41, 5.74) is 7.79. The SMILES string of the molecule is Cc1ccc(C(N)C(=O)N2CCCC(CNC(=O)C(C)(C)C)C2)cc1.Cl. The van der Waals surface area contributed by atoms with Crippen molar-refractivity contribution in [3.8, 4) is 0 Å². The molecule has 2 rings (SSSR count). The first-order valence-electron chi connectivity index (χ1n) is 9.07. The fourth-order valence-corrected chi connectivity index (χ4v) is 3.05. The van der Waals surface area contributed by atoms with Crippen LogP contribution in [-0.2, 0) is 9.59 Å². The Morgan fingerprint density at radius 3 is 2.46 bits per heavy atom. The van der Waals surface area contributed by atoms with Crippen LogP contribution in [-0.4, -0.2) is 36.3 Å². The van der Waals surface area contributed by atoms with E-state index in [4.69, 9.17) is 5.73 Å². The summed E-state index contributed by atoms with van der Waals surface area (Å²) in [5, 5.41) is 3.01. The maximum atomic E-state index is 12.7. The maximum Gasteiger partial charge on any atom is 0.244 e. The predicted octanol–water partition coefficient (Wildman–Crippen LogP) is 2.82. The number of nitrogens with one attached hydrogen (secondary N) is 1. The minimum Gasteiger partial charge on any atom is -0.355 e. The van der Waals surface area contributed by atoms with E-state index >= 15 is 0 Å². The molecule has 5 nitrogen and oxygen atoms in total. The van der Waals surface area contributed by atoms with Crippen LogP contribution >= 0.6 is 12.4 Å². The third-order valence-corrected chi connectivity index (χ3v) is 4.77. The quantitative estimate of drug-likeness (QED) is 0.842. The van der Waals surface area contributed by atoms with E-state index in [-0.39, 0.29) is 30.1 Å². The number of hydrogen-bond donors (Lipinski definition) is 2. The molecule has 0 aromatic heterocycles. The molecule has 1 heterocycles. The fraction of sp³-hybridized carbons (Fsp3) is 0.600. The topological polar surface area (TPSA) is 75.4 Å². The number of amides is 2. The van der Waals surface area contributed by atoms with E-state index in [9.17, 15) is 9.59 Å². The third kappa shape index (κ3) is 5.99. The molecule has 0 saturated carbocycles. The minimum absolute atomic E-state index is 0. The summed E-state index contributed by atoms with van der Waals surface area (Å²) in [6.07, 6.45) is 1.97. The Balaban J connectivity index is 0.00000338. The van der Waals surface area contributed by atoms with Gasteiger partial charge in [-0.2, -0.15) is 0 Å². The second-order valence-electron chi connectivity index (χ2n) is 8.14. The van der Waals surface area contributed by atoms with Crippen LogP contribution in [0.25, 0.3) is 0 Å². The van der Waals surface area contributed by atoms with Gasteiger partial charge in [-0.15, -0.1) is 12.4 Å². The summed E-state index contributed by atoms with van der Waals surface area (Å²) in [6.45, 7) is 9.72. The lowest BCUT2D eigenvalue weighted by Gasteiger charge is -2.34. The Morgan fingerprint density at radius 2 is 1.88 bits per heavy atom. The van der Waals surface area contributed by atoms with Crippen molar-refractivity contribution in [1.82, 2.24) is 10.2 Å². The van der Waals surface area contributed by atoms with E-state index in [0.29, 0.717) is 13.1 Å². The van der Waals surface area contributed by atoms with Crippen molar-refractivity contribution in [1.29, 1.82) is 0 Å². The lowest BCUT2D eigenvalue weighted by Crippen LogP contribution is -2.47. The first-order valence-corrected chi connectivity index (χ1v) is 9.07. The first-order chi connectivity index (χ1) is 11.7. The van der Waals surface area contributed by atoms with Crippen LogP contribution in [0.15, 0.2) is 24.3 Å². The summed E-state index contributed by atoms with van der Waals surface area (Å²) >= 11 is 0. The second-order valence-corrected chi connectivity index (χ2v) is 8.14. The molecular formula is C20H32ClN3O2. The van der Waals surface area contributed by atoms with Crippen LogP contribution in [0.4, 0.5) is 0 Å². The molecule has 146 valence electrons. The van der Waals surface area contributed by atoms with E-state index in [0.717, 1.165) is 30.5 Å². The van der Waals surface area contributed by atoms with Crippen LogP contribution in [0.2, 0.25) is 0 Å². The zero-order valence-electron chi connectivity index (χ0n) is 16.2. The molecule has 2 atom stereocenters. The molecule has 26 heavy (non-hydrogen) atoms. The summed E-state index contributed by atoms with van der Waals surface area (Å²) in [4.78, 5) is 26.6. The van der Waals surface area contributed by atoms with Gasteiger partial charge in [-0.25, -0.2) is 0 Å². The van der Waals surface area contributed by atoms with Crippen molar-refractivity contribution in [2.45, 2.75) is 46.6 Å². The Kier molecular flexibility index (Phi) is 8.10. The molecule has 2 unspecified atom stereocenters. The largest absolute Gasteiger partial charge is 0.355 e. The van der Waals surface area contributed by atoms with Gasteiger partial charge in [-0.1, -0.05) is 50.6 Å². The Hall–Kier alpha value is -1.59. The highest BCUT2D eigenvalue weighted by Crippen LogP contribution is 2.21. The Bertz CT molecular complexity index is 610. The number of nitrogens with two attached hydrogens (primary N) is 1. The summed E-state index contributed by atoms with van der Waals surface area (Å²) in [6, 6.07) is 7.17. The first kappa shape index (κ1) is 22.5. The molecule has 1 aromatic rings. The fourth-order valence-electron chi connectivity index (χ4n) is 3.05. The molecule has 2 amide bonds. The van der Waals surface area contributed by atoms with Gasteiger partial charge in [0, 0.05) is 25.0 Å². The number of benzene rings is 1. The molecule has 0 radical (unpaired) electrons.